The third kappa shape index (κ3) is 2.27. The van der Waals surface area contributed by atoms with Gasteiger partial charge in [0, 0.05) is 7.11 Å². The van der Waals surface area contributed by atoms with Gasteiger partial charge in [0.15, 0.2) is 0 Å². The summed E-state index contributed by atoms with van der Waals surface area (Å²) in [7, 11) is 1.70. The molecule has 1 aromatic heterocycles. The van der Waals surface area contributed by atoms with Gasteiger partial charge in [-0.1, -0.05) is 6.92 Å². The number of nitrogens with zero attached hydrogens (tertiary/aromatic N) is 1. The molecule has 1 fully saturated rings. The maximum atomic E-state index is 11.9. The lowest BCUT2D eigenvalue weighted by Crippen LogP contribution is -2.31. The molecular formula is C12H17IN2O2. The lowest BCUT2D eigenvalue weighted by atomic mass is 10.0. The number of halogens is 1. The van der Waals surface area contributed by atoms with E-state index >= 15 is 0 Å². The van der Waals surface area contributed by atoms with Gasteiger partial charge >= 0.3 is 0 Å². The second-order valence-electron chi connectivity index (χ2n) is 4.43. The molecule has 0 aromatic carbocycles. The Morgan fingerprint density at radius 2 is 2.12 bits per heavy atom. The Bertz CT molecular complexity index is 464. The molecule has 4 nitrogen and oxygen atoms in total. The van der Waals surface area contributed by atoms with Crippen molar-refractivity contribution in [3.05, 3.63) is 25.4 Å². The van der Waals surface area contributed by atoms with E-state index in [0.29, 0.717) is 9.39 Å². The lowest BCUT2D eigenvalue weighted by Gasteiger charge is -2.26. The predicted molar refractivity (Wildman–Crippen MR) is 74.1 cm³/mol. The van der Waals surface area contributed by atoms with Crippen molar-refractivity contribution in [2.75, 3.05) is 7.11 Å². The van der Waals surface area contributed by atoms with E-state index in [1.807, 2.05) is 6.92 Å². The summed E-state index contributed by atoms with van der Waals surface area (Å²) in [6.45, 7) is 2.02. The Morgan fingerprint density at radius 1 is 1.47 bits per heavy atom. The number of hydrogen-bond donors (Lipinski definition) is 1. The third-order valence-corrected chi connectivity index (χ3v) is 4.61. The zero-order valence-corrected chi connectivity index (χ0v) is 12.3. The Hall–Kier alpha value is -0.430. The van der Waals surface area contributed by atoms with Crippen LogP contribution in [0, 0.1) is 3.57 Å². The molecule has 0 bridgehead atoms. The van der Waals surface area contributed by atoms with Crippen LogP contribution in [0.15, 0.2) is 4.79 Å². The van der Waals surface area contributed by atoms with Crippen LogP contribution in [-0.4, -0.2) is 17.1 Å². The first-order valence-electron chi connectivity index (χ1n) is 5.97. The number of ether oxygens (including phenoxy) is 1. The monoisotopic (exact) mass is 348 g/mol. The number of aromatic amines is 1. The summed E-state index contributed by atoms with van der Waals surface area (Å²) in [5.41, 5.74) is 0.455. The molecule has 1 aliphatic rings. The first-order chi connectivity index (χ1) is 8.13. The molecule has 0 amide bonds. The smallest absolute Gasteiger partial charge is 0.264 e. The first kappa shape index (κ1) is 13.0. The molecule has 0 radical (unpaired) electrons. The fraction of sp³-hybridized carbons (Fsp3) is 0.667. The van der Waals surface area contributed by atoms with E-state index in [4.69, 9.17) is 4.74 Å². The average molecular weight is 348 g/mol. The van der Waals surface area contributed by atoms with Crippen molar-refractivity contribution in [2.45, 2.75) is 44.6 Å². The normalized spacial score (nSPS) is 18.5. The number of rotatable bonds is 3. The molecule has 0 saturated heterocycles. The van der Waals surface area contributed by atoms with Crippen molar-refractivity contribution in [1.82, 2.24) is 9.97 Å². The summed E-state index contributed by atoms with van der Waals surface area (Å²) >= 11 is 2.05. The summed E-state index contributed by atoms with van der Waals surface area (Å²) < 4.78 is 6.34. The van der Waals surface area contributed by atoms with Crippen LogP contribution in [0.1, 0.15) is 44.1 Å². The number of aryl methyl sites for hydroxylation is 1. The van der Waals surface area contributed by atoms with Crippen molar-refractivity contribution >= 4 is 22.6 Å². The maximum absolute atomic E-state index is 11.9. The van der Waals surface area contributed by atoms with Gasteiger partial charge in [-0.25, -0.2) is 4.98 Å². The van der Waals surface area contributed by atoms with Gasteiger partial charge in [0.25, 0.3) is 5.56 Å². The Kier molecular flexibility index (Phi) is 3.87. The van der Waals surface area contributed by atoms with Crippen LogP contribution >= 0.6 is 22.6 Å². The van der Waals surface area contributed by atoms with Crippen molar-refractivity contribution in [3.8, 4) is 0 Å². The van der Waals surface area contributed by atoms with Crippen molar-refractivity contribution in [1.29, 1.82) is 0 Å². The van der Waals surface area contributed by atoms with E-state index < -0.39 is 0 Å². The number of methoxy groups -OCH3 is 1. The lowest BCUT2D eigenvalue weighted by molar-refractivity contribution is -0.0167. The Balaban J connectivity index is 2.52. The molecule has 94 valence electrons. The molecule has 0 unspecified atom stereocenters. The zero-order valence-electron chi connectivity index (χ0n) is 10.2. The second kappa shape index (κ2) is 5.06. The minimum absolute atomic E-state index is 0.0456. The second-order valence-corrected chi connectivity index (χ2v) is 5.51. The minimum atomic E-state index is -0.368. The van der Waals surface area contributed by atoms with Crippen molar-refractivity contribution in [2.24, 2.45) is 0 Å². The van der Waals surface area contributed by atoms with E-state index in [0.717, 1.165) is 37.8 Å². The molecular weight excluding hydrogens is 331 g/mol. The summed E-state index contributed by atoms with van der Waals surface area (Å²) in [5, 5.41) is 0. The van der Waals surface area contributed by atoms with Gasteiger partial charge in [-0.05, 0) is 54.7 Å². The van der Waals surface area contributed by atoms with E-state index in [-0.39, 0.29) is 11.2 Å². The van der Waals surface area contributed by atoms with Crippen LogP contribution in [0.4, 0.5) is 0 Å². The molecule has 17 heavy (non-hydrogen) atoms. The van der Waals surface area contributed by atoms with Crippen LogP contribution < -0.4 is 5.56 Å². The van der Waals surface area contributed by atoms with Crippen LogP contribution in [-0.2, 0) is 16.8 Å². The van der Waals surface area contributed by atoms with Crippen molar-refractivity contribution in [3.63, 3.8) is 0 Å². The van der Waals surface area contributed by atoms with Gasteiger partial charge in [0.2, 0.25) is 0 Å². The van der Waals surface area contributed by atoms with Crippen LogP contribution in [0.2, 0.25) is 0 Å². The first-order valence-corrected chi connectivity index (χ1v) is 7.05. The Labute approximate surface area is 114 Å². The molecule has 0 atom stereocenters. The van der Waals surface area contributed by atoms with Crippen LogP contribution in [0.3, 0.4) is 0 Å². The highest BCUT2D eigenvalue weighted by Crippen LogP contribution is 2.39. The molecule has 2 rings (SSSR count). The topological polar surface area (TPSA) is 55.0 Å². The van der Waals surface area contributed by atoms with E-state index in [9.17, 15) is 4.79 Å². The highest BCUT2D eigenvalue weighted by molar-refractivity contribution is 14.1. The van der Waals surface area contributed by atoms with Crippen LogP contribution in [0.25, 0.3) is 0 Å². The SMILES string of the molecule is CCc1nc(C2(OC)CCCC2)[nH]c(=O)c1I. The number of aromatic nitrogens is 2. The van der Waals surface area contributed by atoms with Gasteiger partial charge in [0.05, 0.1) is 9.26 Å². The highest BCUT2D eigenvalue weighted by Gasteiger charge is 2.38. The van der Waals surface area contributed by atoms with E-state index in [2.05, 4.69) is 32.6 Å². The number of hydrogen-bond acceptors (Lipinski definition) is 3. The molecule has 1 saturated carbocycles. The molecule has 1 N–H and O–H groups in total. The van der Waals surface area contributed by atoms with Gasteiger partial charge in [0.1, 0.15) is 11.4 Å². The molecule has 1 aliphatic carbocycles. The minimum Gasteiger partial charge on any atom is -0.370 e. The van der Waals surface area contributed by atoms with Gasteiger partial charge in [-0.2, -0.15) is 0 Å². The highest BCUT2D eigenvalue weighted by atomic mass is 127. The molecule has 0 spiro atoms. The third-order valence-electron chi connectivity index (χ3n) is 3.50. The quantitative estimate of drug-likeness (QED) is 0.854. The van der Waals surface area contributed by atoms with E-state index in [1.165, 1.54) is 0 Å². The summed E-state index contributed by atoms with van der Waals surface area (Å²) in [6, 6.07) is 0. The molecule has 0 aliphatic heterocycles. The molecule has 5 heteroatoms. The number of nitrogens with one attached hydrogen (secondary N) is 1. The largest absolute Gasteiger partial charge is 0.370 e. The van der Waals surface area contributed by atoms with Gasteiger partial charge in [-0.3, -0.25) is 4.79 Å². The fourth-order valence-electron chi connectivity index (χ4n) is 2.44. The van der Waals surface area contributed by atoms with Gasteiger partial charge < -0.3 is 9.72 Å². The predicted octanol–water partition coefficient (Wildman–Crippen LogP) is 2.35. The summed E-state index contributed by atoms with van der Waals surface area (Å²) in [5.74, 6) is 0.708. The zero-order chi connectivity index (χ0) is 12.5. The summed E-state index contributed by atoms with van der Waals surface area (Å²) in [6.07, 6.45) is 4.91. The summed E-state index contributed by atoms with van der Waals surface area (Å²) in [4.78, 5) is 19.3. The van der Waals surface area contributed by atoms with Crippen LogP contribution in [0.5, 0.6) is 0 Å². The molecule has 1 aromatic rings. The van der Waals surface area contributed by atoms with Gasteiger partial charge in [-0.15, -0.1) is 0 Å². The Morgan fingerprint density at radius 3 is 2.65 bits per heavy atom. The molecule has 1 heterocycles. The fourth-order valence-corrected chi connectivity index (χ4v) is 3.08. The average Bonchev–Trinajstić information content (AvgIpc) is 2.82. The maximum Gasteiger partial charge on any atom is 0.264 e. The van der Waals surface area contributed by atoms with E-state index in [1.54, 1.807) is 7.11 Å². The number of H-pyrrole nitrogens is 1. The van der Waals surface area contributed by atoms with Crippen molar-refractivity contribution < 1.29 is 4.74 Å². The standard InChI is InChI=1S/C12H17IN2O2/c1-3-8-9(13)10(16)15-11(14-8)12(17-2)6-4-5-7-12/h3-7H2,1-2H3,(H,14,15,16).